The summed E-state index contributed by atoms with van der Waals surface area (Å²) in [5.41, 5.74) is 5.80. The second-order valence-electron chi connectivity index (χ2n) is 10.5. The van der Waals surface area contributed by atoms with E-state index in [4.69, 9.17) is 4.74 Å². The molecular formula is C33H32N4O4. The zero-order valence-corrected chi connectivity index (χ0v) is 23.1. The van der Waals surface area contributed by atoms with Crippen molar-refractivity contribution in [3.05, 3.63) is 114 Å². The van der Waals surface area contributed by atoms with Crippen LogP contribution < -0.4 is 10.2 Å². The predicted molar refractivity (Wildman–Crippen MR) is 157 cm³/mol. The molecule has 41 heavy (non-hydrogen) atoms. The zero-order chi connectivity index (χ0) is 28.5. The van der Waals surface area contributed by atoms with Crippen molar-refractivity contribution in [2.24, 2.45) is 0 Å². The van der Waals surface area contributed by atoms with Gasteiger partial charge in [-0.15, -0.1) is 0 Å². The maximum atomic E-state index is 14.3. The first-order chi connectivity index (χ1) is 19.9. The quantitative estimate of drug-likeness (QED) is 0.283. The number of hydrogen-bond donors (Lipinski definition) is 1. The number of aryl methyl sites for hydroxylation is 1. The van der Waals surface area contributed by atoms with E-state index in [0.717, 1.165) is 41.0 Å². The summed E-state index contributed by atoms with van der Waals surface area (Å²) >= 11 is 0. The molecule has 3 amide bonds. The Morgan fingerprint density at radius 3 is 2.39 bits per heavy atom. The summed E-state index contributed by atoms with van der Waals surface area (Å²) in [6.45, 7) is 4.03. The molecule has 0 bridgehead atoms. The van der Waals surface area contributed by atoms with Crippen LogP contribution in [0.5, 0.6) is 0 Å². The molecule has 1 saturated carbocycles. The van der Waals surface area contributed by atoms with E-state index in [-0.39, 0.29) is 30.6 Å². The first-order valence-corrected chi connectivity index (χ1v) is 13.9. The maximum Gasteiger partial charge on any atom is 0.338 e. The van der Waals surface area contributed by atoms with E-state index in [2.05, 4.69) is 28.1 Å². The summed E-state index contributed by atoms with van der Waals surface area (Å²) in [5, 5.41) is 2.91. The van der Waals surface area contributed by atoms with Gasteiger partial charge in [0.2, 0.25) is 5.91 Å². The van der Waals surface area contributed by atoms with Gasteiger partial charge in [-0.2, -0.15) is 0 Å². The van der Waals surface area contributed by atoms with E-state index in [9.17, 15) is 14.4 Å². The molecule has 1 fully saturated rings. The highest BCUT2D eigenvalue weighted by Gasteiger charge is 2.40. The molecule has 0 spiro atoms. The highest BCUT2D eigenvalue weighted by atomic mass is 16.5. The van der Waals surface area contributed by atoms with E-state index in [0.29, 0.717) is 17.9 Å². The number of ether oxygens (including phenoxy) is 1. The van der Waals surface area contributed by atoms with Crippen molar-refractivity contribution < 1.29 is 19.1 Å². The number of carbonyl (C=O) groups excluding carboxylic acids is 3. The topological polar surface area (TPSA) is 83.9 Å². The number of rotatable bonds is 7. The lowest BCUT2D eigenvalue weighted by Gasteiger charge is -2.39. The first kappa shape index (κ1) is 26.4. The van der Waals surface area contributed by atoms with E-state index < -0.39 is 5.97 Å². The van der Waals surface area contributed by atoms with Gasteiger partial charge in [-0.25, -0.2) is 9.59 Å². The van der Waals surface area contributed by atoms with Crippen LogP contribution in [0, 0.1) is 6.92 Å². The monoisotopic (exact) mass is 548 g/mol. The predicted octanol–water partition coefficient (Wildman–Crippen LogP) is 6.09. The summed E-state index contributed by atoms with van der Waals surface area (Å²) in [4.78, 5) is 43.2. The highest BCUT2D eigenvalue weighted by Crippen LogP contribution is 2.42. The van der Waals surface area contributed by atoms with Gasteiger partial charge in [-0.05, 0) is 80.8 Å². The molecule has 1 aliphatic carbocycles. The molecule has 3 aromatic carbocycles. The van der Waals surface area contributed by atoms with Crippen LogP contribution in [0.2, 0.25) is 0 Å². The molecule has 1 N–H and O–H groups in total. The molecule has 8 nitrogen and oxygen atoms in total. The van der Waals surface area contributed by atoms with Gasteiger partial charge in [-0.3, -0.25) is 9.69 Å². The Balaban J connectivity index is 1.29. The van der Waals surface area contributed by atoms with Crippen molar-refractivity contribution >= 4 is 29.3 Å². The Hall–Kier alpha value is -4.85. The number of fused-ring (bicyclic) bond motifs is 3. The molecule has 2 aliphatic rings. The van der Waals surface area contributed by atoms with Crippen LogP contribution in [0.3, 0.4) is 0 Å². The second-order valence-corrected chi connectivity index (χ2v) is 10.5. The number of carbonyl (C=O) groups is 3. The number of amides is 3. The number of hydrogen-bond acceptors (Lipinski definition) is 4. The normalized spacial score (nSPS) is 15.5. The number of nitrogens with one attached hydrogen (secondary N) is 1. The minimum absolute atomic E-state index is 0.000861. The smallest absolute Gasteiger partial charge is 0.338 e. The van der Waals surface area contributed by atoms with Gasteiger partial charge in [0, 0.05) is 17.9 Å². The standard InChI is InChI=1S/C33H32N4O4/c1-3-41-32(39)23-13-15-25(16-14-23)34-33(40)36(26-17-18-26)21-30(38)37-28-11-5-4-10-27(28)35-19-7-12-29(35)31(37)24-9-6-8-22(2)20-24/h4-16,19-20,26,31H,3,17-18,21H2,1-2H3,(H,34,40). The van der Waals surface area contributed by atoms with Gasteiger partial charge >= 0.3 is 12.0 Å². The molecule has 1 unspecified atom stereocenters. The molecule has 2 heterocycles. The molecular weight excluding hydrogens is 516 g/mol. The number of para-hydroxylation sites is 2. The fraction of sp³-hybridized carbons (Fsp3) is 0.242. The lowest BCUT2D eigenvalue weighted by atomic mass is 9.96. The van der Waals surface area contributed by atoms with Crippen molar-refractivity contribution in [3.8, 4) is 5.69 Å². The Labute approximate surface area is 239 Å². The summed E-state index contributed by atoms with van der Waals surface area (Å²) in [6.07, 6.45) is 3.72. The number of nitrogens with zero attached hydrogens (tertiary/aromatic N) is 3. The van der Waals surface area contributed by atoms with Gasteiger partial charge in [0.05, 0.1) is 29.2 Å². The summed E-state index contributed by atoms with van der Waals surface area (Å²) < 4.78 is 7.18. The molecule has 1 atom stereocenters. The summed E-state index contributed by atoms with van der Waals surface area (Å²) in [6, 6.07) is 26.0. The van der Waals surface area contributed by atoms with Crippen molar-refractivity contribution in [3.63, 3.8) is 0 Å². The van der Waals surface area contributed by atoms with Gasteiger partial charge in [0.1, 0.15) is 12.6 Å². The number of esters is 1. The number of benzene rings is 3. The van der Waals surface area contributed by atoms with Gasteiger partial charge < -0.3 is 19.5 Å². The molecule has 4 aromatic rings. The van der Waals surface area contributed by atoms with Gasteiger partial charge in [0.25, 0.3) is 0 Å². The number of aromatic nitrogens is 1. The van der Waals surface area contributed by atoms with Crippen molar-refractivity contribution in [1.29, 1.82) is 0 Å². The van der Waals surface area contributed by atoms with Gasteiger partial charge in [-0.1, -0.05) is 42.0 Å². The molecule has 0 radical (unpaired) electrons. The minimum atomic E-state index is -0.410. The maximum absolute atomic E-state index is 14.3. The first-order valence-electron chi connectivity index (χ1n) is 13.9. The van der Waals surface area contributed by atoms with Crippen LogP contribution in [0.4, 0.5) is 16.2 Å². The summed E-state index contributed by atoms with van der Waals surface area (Å²) in [7, 11) is 0. The Morgan fingerprint density at radius 2 is 1.68 bits per heavy atom. The largest absolute Gasteiger partial charge is 0.462 e. The van der Waals surface area contributed by atoms with E-state index >= 15 is 0 Å². The number of anilines is 2. The molecule has 1 aromatic heterocycles. The van der Waals surface area contributed by atoms with Gasteiger partial charge in [0.15, 0.2) is 0 Å². The number of urea groups is 1. The van der Waals surface area contributed by atoms with Crippen molar-refractivity contribution in [1.82, 2.24) is 9.47 Å². The fourth-order valence-corrected chi connectivity index (χ4v) is 5.49. The van der Waals surface area contributed by atoms with Crippen LogP contribution >= 0.6 is 0 Å². The third kappa shape index (κ3) is 5.20. The molecule has 208 valence electrons. The summed E-state index contributed by atoms with van der Waals surface area (Å²) in [5.74, 6) is -0.567. The lowest BCUT2D eigenvalue weighted by Crippen LogP contribution is -2.48. The van der Waals surface area contributed by atoms with Crippen LogP contribution in [0.1, 0.15) is 53.0 Å². The van der Waals surface area contributed by atoms with Crippen LogP contribution in [-0.2, 0) is 9.53 Å². The van der Waals surface area contributed by atoms with Crippen LogP contribution in [-0.4, -0.2) is 46.6 Å². The highest BCUT2D eigenvalue weighted by molar-refractivity contribution is 6.01. The van der Waals surface area contributed by atoms with Crippen molar-refractivity contribution in [2.75, 3.05) is 23.4 Å². The Bertz CT molecular complexity index is 1610. The Morgan fingerprint density at radius 1 is 0.927 bits per heavy atom. The molecule has 6 rings (SSSR count). The lowest BCUT2D eigenvalue weighted by molar-refractivity contribution is -0.119. The zero-order valence-electron chi connectivity index (χ0n) is 23.1. The minimum Gasteiger partial charge on any atom is -0.462 e. The SMILES string of the molecule is CCOC(=O)c1ccc(NC(=O)N(CC(=O)N2c3ccccc3-n3cccc3C2c2cccc(C)c2)C2CC2)cc1. The average Bonchev–Trinajstić information content (AvgIpc) is 3.70. The average molecular weight is 549 g/mol. The molecule has 8 heteroatoms. The van der Waals surface area contributed by atoms with E-state index in [1.807, 2.05) is 60.5 Å². The molecule has 1 aliphatic heterocycles. The Kier molecular flexibility index (Phi) is 7.05. The van der Waals surface area contributed by atoms with Crippen LogP contribution in [0.25, 0.3) is 5.69 Å². The van der Waals surface area contributed by atoms with E-state index in [1.54, 1.807) is 36.1 Å². The fourth-order valence-electron chi connectivity index (χ4n) is 5.49. The van der Waals surface area contributed by atoms with E-state index in [1.165, 1.54) is 0 Å². The van der Waals surface area contributed by atoms with Crippen molar-refractivity contribution in [2.45, 2.75) is 38.8 Å². The second kappa shape index (κ2) is 11.0. The van der Waals surface area contributed by atoms with Crippen LogP contribution in [0.15, 0.2) is 91.1 Å². The third-order valence-corrected chi connectivity index (χ3v) is 7.55. The molecule has 0 saturated heterocycles. The third-order valence-electron chi connectivity index (χ3n) is 7.55.